The van der Waals surface area contributed by atoms with E-state index in [1.165, 1.54) is 56.5 Å². The third kappa shape index (κ3) is 9.16. The van der Waals surface area contributed by atoms with Crippen molar-refractivity contribution in [2.45, 2.75) is 22.1 Å². The predicted molar refractivity (Wildman–Crippen MR) is 135 cm³/mol. The maximum absolute atomic E-state index is 13.2. The number of carbonyl (C=O) groups is 1. The van der Waals surface area contributed by atoms with Crippen molar-refractivity contribution in [3.8, 4) is 5.75 Å². The molecule has 0 saturated heterocycles. The lowest BCUT2D eigenvalue weighted by atomic mass is 10.1. The van der Waals surface area contributed by atoms with Gasteiger partial charge in [0.15, 0.2) is 0 Å². The number of aliphatic carboxylic acids is 1. The molecule has 40 heavy (non-hydrogen) atoms. The van der Waals surface area contributed by atoms with Gasteiger partial charge >= 0.3 is 18.3 Å². The van der Waals surface area contributed by atoms with Crippen LogP contribution in [0.25, 0.3) is 0 Å². The van der Waals surface area contributed by atoms with Crippen molar-refractivity contribution in [1.82, 2.24) is 14.7 Å². The third-order valence-electron chi connectivity index (χ3n) is 4.66. The predicted octanol–water partition coefficient (Wildman–Crippen LogP) is 5.25. The summed E-state index contributed by atoms with van der Waals surface area (Å²) < 4.78 is 103. The molecule has 218 valence electrons. The van der Waals surface area contributed by atoms with Crippen LogP contribution >= 0.6 is 11.8 Å². The van der Waals surface area contributed by atoms with Gasteiger partial charge in [-0.3, -0.25) is 0 Å². The van der Waals surface area contributed by atoms with Gasteiger partial charge in [-0.25, -0.2) is 27.9 Å². The Morgan fingerprint density at radius 3 is 2.08 bits per heavy atom. The zero-order chi connectivity index (χ0) is 30.3. The highest BCUT2D eigenvalue weighted by Gasteiger charge is 2.38. The van der Waals surface area contributed by atoms with Gasteiger partial charge in [0, 0.05) is 22.7 Å². The highest BCUT2D eigenvalue weighted by Crippen LogP contribution is 2.35. The maximum Gasteiger partial charge on any atom is 0.490 e. The number of hydrogen-bond donors (Lipinski definition) is 4. The molecule has 0 aliphatic carbocycles. The number of carboxylic acid groups (broad SMARTS) is 1. The second-order valence-electron chi connectivity index (χ2n) is 7.36. The Morgan fingerprint density at radius 2 is 1.57 bits per heavy atom. The molecule has 0 atom stereocenters. The quantitative estimate of drug-likeness (QED) is 0.196. The van der Waals surface area contributed by atoms with Crippen LogP contribution in [0.4, 0.5) is 49.4 Å². The summed E-state index contributed by atoms with van der Waals surface area (Å²) in [7, 11) is -1.07. The largest absolute Gasteiger partial charge is 0.497 e. The van der Waals surface area contributed by atoms with Crippen molar-refractivity contribution in [2.75, 3.05) is 31.0 Å². The summed E-state index contributed by atoms with van der Waals surface area (Å²) in [5, 5.41) is 13.0. The smallest absolute Gasteiger partial charge is 0.490 e. The molecule has 0 unspecified atom stereocenters. The third-order valence-corrected chi connectivity index (χ3v) is 6.87. The fraction of sp³-hybridized carbons (Fsp3) is 0.227. The molecule has 0 fully saturated rings. The Labute approximate surface area is 228 Å². The van der Waals surface area contributed by atoms with Crippen molar-refractivity contribution in [1.29, 1.82) is 0 Å². The number of thioether (sulfide) groups is 1. The number of aromatic nitrogens is 2. The van der Waals surface area contributed by atoms with Crippen molar-refractivity contribution in [3.63, 3.8) is 0 Å². The Balaban J connectivity index is 0.000000708. The number of benzene rings is 2. The number of ether oxygens (including phenoxy) is 1. The Morgan fingerprint density at radius 1 is 0.975 bits per heavy atom. The van der Waals surface area contributed by atoms with E-state index in [1.54, 1.807) is 6.07 Å². The lowest BCUT2D eigenvalue weighted by Gasteiger charge is -2.14. The van der Waals surface area contributed by atoms with Crippen LogP contribution in [0.1, 0.15) is 5.56 Å². The number of sulfonamides is 1. The summed E-state index contributed by atoms with van der Waals surface area (Å²) in [6.07, 6.45) is -6.57. The number of anilines is 4. The number of hydrogen-bond acceptors (Lipinski definition) is 9. The molecule has 0 aliphatic rings. The molecule has 18 heteroatoms. The average molecular weight is 614 g/mol. The van der Waals surface area contributed by atoms with Gasteiger partial charge in [0.1, 0.15) is 23.7 Å². The van der Waals surface area contributed by atoms with Crippen molar-refractivity contribution < 1.29 is 49.4 Å². The first-order valence-electron chi connectivity index (χ1n) is 10.5. The van der Waals surface area contributed by atoms with Crippen molar-refractivity contribution >= 4 is 50.8 Å². The van der Waals surface area contributed by atoms with E-state index in [9.17, 15) is 34.8 Å². The Hall–Kier alpha value is -3.77. The summed E-state index contributed by atoms with van der Waals surface area (Å²) >= 11 is 1.40. The second-order valence-corrected chi connectivity index (χ2v) is 10.1. The van der Waals surface area contributed by atoms with E-state index in [0.717, 1.165) is 17.0 Å². The second kappa shape index (κ2) is 13.1. The molecule has 4 N–H and O–H groups in total. The van der Waals surface area contributed by atoms with Crippen molar-refractivity contribution in [3.05, 3.63) is 54.4 Å². The van der Waals surface area contributed by atoms with E-state index in [1.807, 2.05) is 6.26 Å². The molecular weight excluding hydrogens is 592 g/mol. The lowest BCUT2D eigenvalue weighted by Crippen LogP contribution is -2.21. The van der Waals surface area contributed by atoms with E-state index in [4.69, 9.17) is 14.6 Å². The topological polar surface area (TPSA) is 143 Å². The van der Waals surface area contributed by atoms with Crippen LogP contribution in [-0.2, 0) is 21.0 Å². The number of alkyl halides is 6. The molecule has 1 aromatic heterocycles. The molecule has 0 amide bonds. The molecule has 2 aromatic carbocycles. The van der Waals surface area contributed by atoms with Crippen molar-refractivity contribution in [2.24, 2.45) is 0 Å². The average Bonchev–Trinajstić information content (AvgIpc) is 2.88. The van der Waals surface area contributed by atoms with Crippen LogP contribution in [0.5, 0.6) is 5.75 Å². The number of carboxylic acids is 1. The molecule has 3 rings (SSSR count). The summed E-state index contributed by atoms with van der Waals surface area (Å²) in [5.74, 6) is -2.20. The van der Waals surface area contributed by atoms with Gasteiger partial charge in [-0.2, -0.15) is 26.3 Å². The number of nitrogens with one attached hydrogen (secondary N) is 3. The fourth-order valence-corrected chi connectivity index (χ4v) is 4.09. The normalized spacial score (nSPS) is 11.7. The van der Waals surface area contributed by atoms with Gasteiger partial charge in [-0.05, 0) is 43.6 Å². The fourth-order valence-electron chi connectivity index (χ4n) is 2.80. The van der Waals surface area contributed by atoms with Gasteiger partial charge in [0.2, 0.25) is 10.0 Å². The van der Waals surface area contributed by atoms with E-state index in [2.05, 4.69) is 25.3 Å². The van der Waals surface area contributed by atoms with Crippen LogP contribution < -0.4 is 20.1 Å². The number of nitrogens with zero attached hydrogens (tertiary/aromatic N) is 2. The SMILES string of the molecule is CNS(=O)(=O)c1ccc(SC)c(Nc2cc(Nc3cc(OC)cc(C(F)(F)F)c3)ncn2)c1.O=C(O)C(F)(F)F. The first kappa shape index (κ1) is 32.4. The lowest BCUT2D eigenvalue weighted by molar-refractivity contribution is -0.192. The van der Waals surface area contributed by atoms with E-state index < -0.39 is 33.9 Å². The molecule has 10 nitrogen and oxygen atoms in total. The Bertz CT molecular complexity index is 1450. The van der Waals surface area contributed by atoms with E-state index >= 15 is 0 Å². The highest BCUT2D eigenvalue weighted by atomic mass is 32.2. The molecule has 0 bridgehead atoms. The number of rotatable bonds is 8. The summed E-state index contributed by atoms with van der Waals surface area (Å²) in [5.41, 5.74) is -0.258. The van der Waals surface area contributed by atoms with Gasteiger partial charge in [-0.1, -0.05) is 0 Å². The molecular formula is C22H21F6N5O5S2. The summed E-state index contributed by atoms with van der Waals surface area (Å²) in [4.78, 5) is 17.9. The van der Waals surface area contributed by atoms with Gasteiger partial charge in [0.25, 0.3) is 0 Å². The number of halogens is 6. The van der Waals surface area contributed by atoms with Crippen LogP contribution in [0.3, 0.4) is 0 Å². The van der Waals surface area contributed by atoms with E-state index in [-0.39, 0.29) is 22.2 Å². The van der Waals surface area contributed by atoms with Gasteiger partial charge < -0.3 is 20.5 Å². The minimum atomic E-state index is -5.08. The van der Waals surface area contributed by atoms with Gasteiger partial charge in [-0.15, -0.1) is 11.8 Å². The minimum absolute atomic E-state index is 0.0342. The number of methoxy groups -OCH3 is 1. The summed E-state index contributed by atoms with van der Waals surface area (Å²) in [6, 6.07) is 9.33. The maximum atomic E-state index is 13.2. The highest BCUT2D eigenvalue weighted by molar-refractivity contribution is 7.98. The standard InChI is InChI=1S/C20H20F3N5O3S2.C2HF3O2/c1-24-33(29,30)15-4-5-17(32-3)16(9-15)28-19-10-18(25-11-26-19)27-13-6-12(20(21,22)23)7-14(8-13)31-2;3-2(4,5)1(6)7/h4-11,24H,1-3H3,(H2,25,26,27,28);(H,6,7). The first-order valence-corrected chi connectivity index (χ1v) is 13.2. The molecule has 0 saturated carbocycles. The molecule has 0 aliphatic heterocycles. The Kier molecular flexibility index (Phi) is 10.6. The zero-order valence-corrected chi connectivity index (χ0v) is 22.3. The molecule has 3 aromatic rings. The monoisotopic (exact) mass is 613 g/mol. The summed E-state index contributed by atoms with van der Waals surface area (Å²) in [6.45, 7) is 0. The zero-order valence-electron chi connectivity index (χ0n) is 20.7. The van der Waals surface area contributed by atoms with Crippen LogP contribution in [0.15, 0.2) is 58.6 Å². The molecule has 0 radical (unpaired) electrons. The molecule has 0 spiro atoms. The minimum Gasteiger partial charge on any atom is -0.497 e. The van der Waals surface area contributed by atoms with Gasteiger partial charge in [0.05, 0.1) is 23.3 Å². The van der Waals surface area contributed by atoms with E-state index in [0.29, 0.717) is 11.5 Å². The first-order chi connectivity index (χ1) is 18.5. The van der Waals surface area contributed by atoms with Crippen LogP contribution in [-0.4, -0.2) is 56.1 Å². The van der Waals surface area contributed by atoms with Crippen LogP contribution in [0, 0.1) is 0 Å². The molecule has 1 heterocycles. The van der Waals surface area contributed by atoms with Crippen LogP contribution in [0.2, 0.25) is 0 Å².